The molecule has 3 rings (SSSR count). The summed E-state index contributed by atoms with van der Waals surface area (Å²) in [5.74, 6) is -1.58. The maximum atomic E-state index is 13.1. The topological polar surface area (TPSA) is 131 Å². The van der Waals surface area contributed by atoms with Crippen LogP contribution >= 0.6 is 11.6 Å². The summed E-state index contributed by atoms with van der Waals surface area (Å²) in [4.78, 5) is 26.7. The first-order chi connectivity index (χ1) is 17.7. The number of hydrogen-bond donors (Lipinski definition) is 2. The second kappa shape index (κ2) is 13.1. The number of carboxylic acid groups (broad SMARTS) is 1. The van der Waals surface area contributed by atoms with Gasteiger partial charge in [-0.1, -0.05) is 48.0 Å². The van der Waals surface area contributed by atoms with Crippen molar-refractivity contribution in [1.29, 1.82) is 0 Å². The van der Waals surface area contributed by atoms with Crippen LogP contribution in [0.5, 0.6) is 0 Å². The third-order valence-electron chi connectivity index (χ3n) is 5.61. The molecule has 1 amide bonds. The molecule has 0 saturated heterocycles. The number of carboxylic acids is 1. The summed E-state index contributed by atoms with van der Waals surface area (Å²) in [6.07, 6.45) is 7.02. The Hall–Kier alpha value is -3.53. The zero-order chi connectivity index (χ0) is 26.8. The predicted octanol–water partition coefficient (Wildman–Crippen LogP) is 4.14. The minimum absolute atomic E-state index is 0.0302. The van der Waals surface area contributed by atoms with E-state index in [0.29, 0.717) is 24.3 Å². The van der Waals surface area contributed by atoms with Crippen molar-refractivity contribution in [1.82, 2.24) is 9.29 Å². The van der Waals surface area contributed by atoms with Gasteiger partial charge in [0.2, 0.25) is 15.9 Å². The van der Waals surface area contributed by atoms with Crippen molar-refractivity contribution in [3.8, 4) is 0 Å². The van der Waals surface area contributed by atoms with Gasteiger partial charge in [-0.05, 0) is 66.3 Å². The first-order valence-corrected chi connectivity index (χ1v) is 13.4. The van der Waals surface area contributed by atoms with Crippen molar-refractivity contribution >= 4 is 39.1 Å². The van der Waals surface area contributed by atoms with E-state index in [-0.39, 0.29) is 17.9 Å². The van der Waals surface area contributed by atoms with Crippen molar-refractivity contribution in [2.75, 3.05) is 13.1 Å². The van der Waals surface area contributed by atoms with E-state index in [1.807, 2.05) is 42.5 Å². The molecule has 3 N–H and O–H groups in total. The standard InChI is InChI=1S/C27H28ClN3O5S/c28-23-11-13-24(14-12-23)37(35,36)31(19-26(29)32)17-15-20-7-9-21(10-8-20)25(5-1-2-6-27(33)34)22-4-3-16-30-18-22/h3-5,7-14,16,18H,1-2,6,15,17,19H2,(H2,29,32)(H,33,34)/b25-5+. The average Bonchev–Trinajstić information content (AvgIpc) is 2.87. The van der Waals surface area contributed by atoms with Crippen LogP contribution in [0.25, 0.3) is 5.57 Å². The van der Waals surface area contributed by atoms with Gasteiger partial charge < -0.3 is 10.8 Å². The van der Waals surface area contributed by atoms with Gasteiger partial charge in [0, 0.05) is 35.9 Å². The molecule has 0 fully saturated rings. The van der Waals surface area contributed by atoms with Crippen LogP contribution in [0.3, 0.4) is 0 Å². The van der Waals surface area contributed by atoms with Crippen molar-refractivity contribution < 1.29 is 23.1 Å². The maximum absolute atomic E-state index is 13.1. The lowest BCUT2D eigenvalue weighted by Gasteiger charge is -2.21. The van der Waals surface area contributed by atoms with E-state index >= 15 is 0 Å². The van der Waals surface area contributed by atoms with Crippen LogP contribution in [-0.4, -0.2) is 47.8 Å². The number of aliphatic carboxylic acids is 1. The van der Waals surface area contributed by atoms with E-state index in [9.17, 15) is 18.0 Å². The number of sulfonamides is 1. The molecule has 37 heavy (non-hydrogen) atoms. The van der Waals surface area contributed by atoms with Crippen LogP contribution < -0.4 is 5.73 Å². The monoisotopic (exact) mass is 541 g/mol. The second-order valence-corrected chi connectivity index (χ2v) is 10.7. The Morgan fingerprint density at radius 1 is 1.03 bits per heavy atom. The number of halogens is 1. The fourth-order valence-corrected chi connectivity index (χ4v) is 5.28. The fraction of sp³-hybridized carbons (Fsp3) is 0.222. The van der Waals surface area contributed by atoms with Gasteiger partial charge in [0.15, 0.2) is 0 Å². The van der Waals surface area contributed by atoms with Crippen LogP contribution in [0.4, 0.5) is 0 Å². The van der Waals surface area contributed by atoms with Crippen molar-refractivity contribution in [3.05, 3.63) is 101 Å². The summed E-state index contributed by atoms with van der Waals surface area (Å²) in [7, 11) is -3.94. The minimum Gasteiger partial charge on any atom is -0.481 e. The Morgan fingerprint density at radius 3 is 2.32 bits per heavy atom. The Labute approximate surface area is 221 Å². The molecule has 0 aliphatic rings. The maximum Gasteiger partial charge on any atom is 0.303 e. The number of carbonyl (C=O) groups is 2. The summed E-state index contributed by atoms with van der Waals surface area (Å²) in [6, 6.07) is 17.2. The molecule has 0 atom stereocenters. The zero-order valence-electron chi connectivity index (χ0n) is 20.1. The molecular formula is C27H28ClN3O5S. The molecule has 8 nitrogen and oxygen atoms in total. The third kappa shape index (κ3) is 8.24. The summed E-state index contributed by atoms with van der Waals surface area (Å²) >= 11 is 5.88. The number of hydrogen-bond acceptors (Lipinski definition) is 5. The number of allylic oxidation sites excluding steroid dienone is 1. The Kier molecular flexibility index (Phi) is 9.96. The van der Waals surface area contributed by atoms with Gasteiger partial charge in [-0.15, -0.1) is 0 Å². The average molecular weight is 542 g/mol. The smallest absolute Gasteiger partial charge is 0.303 e. The van der Waals surface area contributed by atoms with E-state index in [4.69, 9.17) is 22.4 Å². The molecule has 0 bridgehead atoms. The number of carbonyl (C=O) groups excluding carboxylic acids is 1. The molecule has 2 aromatic carbocycles. The van der Waals surface area contributed by atoms with Crippen molar-refractivity contribution in [3.63, 3.8) is 0 Å². The first-order valence-electron chi connectivity index (χ1n) is 11.6. The lowest BCUT2D eigenvalue weighted by atomic mass is 9.96. The van der Waals surface area contributed by atoms with Gasteiger partial charge in [0.1, 0.15) is 0 Å². The van der Waals surface area contributed by atoms with Gasteiger partial charge in [0.25, 0.3) is 0 Å². The second-order valence-electron chi connectivity index (χ2n) is 8.35. The normalized spacial score (nSPS) is 12.0. The molecule has 194 valence electrons. The SMILES string of the molecule is NC(=O)CN(CCc1ccc(/C(=C\CCCC(=O)O)c2cccnc2)cc1)S(=O)(=O)c1ccc(Cl)cc1. The molecule has 3 aromatic rings. The van der Waals surface area contributed by atoms with Crippen molar-refractivity contribution in [2.45, 2.75) is 30.6 Å². The number of nitrogens with two attached hydrogens (primary N) is 1. The molecule has 0 radical (unpaired) electrons. The lowest BCUT2D eigenvalue weighted by Crippen LogP contribution is -2.39. The summed E-state index contributed by atoms with van der Waals surface area (Å²) in [6.45, 7) is -0.374. The number of unbranched alkanes of at least 4 members (excludes halogenated alkanes) is 1. The Balaban J connectivity index is 1.77. The number of rotatable bonds is 13. The quantitative estimate of drug-likeness (QED) is 0.313. The molecule has 0 unspecified atom stereocenters. The largest absolute Gasteiger partial charge is 0.481 e. The van der Waals surface area contributed by atoms with Gasteiger partial charge >= 0.3 is 5.97 Å². The highest BCUT2D eigenvalue weighted by Gasteiger charge is 2.25. The van der Waals surface area contributed by atoms with E-state index < -0.39 is 28.4 Å². The summed E-state index contributed by atoms with van der Waals surface area (Å²) in [5.41, 5.74) is 8.97. The van der Waals surface area contributed by atoms with Crippen LogP contribution in [0.1, 0.15) is 36.0 Å². The lowest BCUT2D eigenvalue weighted by molar-refractivity contribution is -0.137. The molecule has 0 aliphatic heterocycles. The van der Waals surface area contributed by atoms with Gasteiger partial charge in [0.05, 0.1) is 11.4 Å². The molecule has 0 aliphatic carbocycles. The van der Waals surface area contributed by atoms with E-state index in [1.165, 1.54) is 24.3 Å². The summed E-state index contributed by atoms with van der Waals surface area (Å²) < 4.78 is 27.3. The number of pyridine rings is 1. The van der Waals surface area contributed by atoms with E-state index in [1.54, 1.807) is 12.4 Å². The first kappa shape index (κ1) is 28.0. The van der Waals surface area contributed by atoms with Crippen LogP contribution in [0, 0.1) is 0 Å². The molecule has 1 heterocycles. The van der Waals surface area contributed by atoms with Crippen LogP contribution in [-0.2, 0) is 26.0 Å². The van der Waals surface area contributed by atoms with Gasteiger partial charge in [-0.2, -0.15) is 4.31 Å². The van der Waals surface area contributed by atoms with Crippen molar-refractivity contribution in [2.24, 2.45) is 5.73 Å². The molecule has 1 aromatic heterocycles. The third-order valence-corrected chi connectivity index (χ3v) is 7.73. The zero-order valence-corrected chi connectivity index (χ0v) is 21.7. The minimum atomic E-state index is -3.94. The number of primary amides is 1. The van der Waals surface area contributed by atoms with Gasteiger partial charge in [-0.25, -0.2) is 8.42 Å². The molecular weight excluding hydrogens is 514 g/mol. The van der Waals surface area contributed by atoms with E-state index in [2.05, 4.69) is 4.98 Å². The number of aromatic nitrogens is 1. The highest BCUT2D eigenvalue weighted by Crippen LogP contribution is 2.25. The molecule has 0 saturated carbocycles. The highest BCUT2D eigenvalue weighted by atomic mass is 35.5. The summed E-state index contributed by atoms with van der Waals surface area (Å²) in [5, 5.41) is 9.31. The van der Waals surface area contributed by atoms with Gasteiger partial charge in [-0.3, -0.25) is 14.6 Å². The van der Waals surface area contributed by atoms with Crippen LogP contribution in [0.2, 0.25) is 5.02 Å². The Morgan fingerprint density at radius 2 is 1.73 bits per heavy atom. The number of nitrogens with zero attached hydrogens (tertiary/aromatic N) is 2. The molecule has 0 spiro atoms. The Bertz CT molecular complexity index is 1340. The number of amides is 1. The fourth-order valence-electron chi connectivity index (χ4n) is 3.74. The van der Waals surface area contributed by atoms with Crippen LogP contribution in [0.15, 0.2) is 84.0 Å². The predicted molar refractivity (Wildman–Crippen MR) is 142 cm³/mol. The molecule has 10 heteroatoms. The highest BCUT2D eigenvalue weighted by molar-refractivity contribution is 7.89. The van der Waals surface area contributed by atoms with E-state index in [0.717, 1.165) is 26.6 Å². The number of benzene rings is 2.